The number of fused-ring (bicyclic) bond motifs is 5. The highest BCUT2D eigenvalue weighted by Gasteiger charge is 2.16. The van der Waals surface area contributed by atoms with Crippen LogP contribution in [-0.4, -0.2) is 24.9 Å². The van der Waals surface area contributed by atoms with Crippen LogP contribution in [0.25, 0.3) is 77.6 Å². The molecule has 0 spiro atoms. The zero-order chi connectivity index (χ0) is 34.4. The lowest BCUT2D eigenvalue weighted by Crippen LogP contribution is -2.09. The van der Waals surface area contributed by atoms with Crippen molar-refractivity contribution in [2.45, 2.75) is 0 Å². The predicted molar refractivity (Wildman–Crippen MR) is 209 cm³/mol. The molecule has 0 radical (unpaired) electrons. The highest BCUT2D eigenvalue weighted by molar-refractivity contribution is 6.04. The van der Waals surface area contributed by atoms with Gasteiger partial charge in [0.15, 0.2) is 0 Å². The van der Waals surface area contributed by atoms with Crippen molar-refractivity contribution < 1.29 is 4.42 Å². The third kappa shape index (κ3) is 5.28. The molecule has 6 heterocycles. The van der Waals surface area contributed by atoms with E-state index >= 15 is 0 Å². The largest absolute Gasteiger partial charge is 0.438 e. The monoisotopic (exact) mass is 668 g/mol. The van der Waals surface area contributed by atoms with E-state index in [4.69, 9.17) is 19.4 Å². The first-order valence-electron chi connectivity index (χ1n) is 17.0. The van der Waals surface area contributed by atoms with Crippen molar-refractivity contribution in [2.75, 3.05) is 4.90 Å². The Labute approximate surface area is 298 Å². The van der Waals surface area contributed by atoms with Crippen molar-refractivity contribution in [3.63, 3.8) is 0 Å². The number of nitrogens with zero attached hydrogens (tertiary/aromatic N) is 6. The van der Waals surface area contributed by atoms with Crippen LogP contribution in [0.5, 0.6) is 0 Å². The molecule has 10 aromatic rings. The van der Waals surface area contributed by atoms with Gasteiger partial charge in [-0.2, -0.15) is 0 Å². The molecular weight excluding hydrogens is 641 g/mol. The van der Waals surface area contributed by atoms with E-state index in [2.05, 4.69) is 118 Å². The predicted octanol–water partition coefficient (Wildman–Crippen LogP) is 11.3. The van der Waals surface area contributed by atoms with Crippen molar-refractivity contribution in [1.82, 2.24) is 24.9 Å². The Kier molecular flexibility index (Phi) is 6.99. The SMILES string of the molecule is c1ccc2c(c1)oc1nc(-c3ccc(N(c4ccc(-c5ccc6cnccc6n5)cc4)c4ccc(-c5ccc6cnccc6n5)cc4)cc3)ccc12. The summed E-state index contributed by atoms with van der Waals surface area (Å²) in [5, 5.41) is 4.12. The van der Waals surface area contributed by atoms with Crippen LogP contribution in [0, 0.1) is 0 Å². The van der Waals surface area contributed by atoms with E-state index in [1.165, 1.54) is 0 Å². The third-order valence-corrected chi connectivity index (χ3v) is 9.49. The fourth-order valence-electron chi connectivity index (χ4n) is 6.81. The van der Waals surface area contributed by atoms with Crippen molar-refractivity contribution in [2.24, 2.45) is 0 Å². The van der Waals surface area contributed by atoms with E-state index in [0.29, 0.717) is 5.71 Å². The van der Waals surface area contributed by atoms with Gasteiger partial charge in [0.25, 0.3) is 0 Å². The molecule has 7 nitrogen and oxygen atoms in total. The molecule has 0 aliphatic heterocycles. The van der Waals surface area contributed by atoms with Gasteiger partial charge in [0.2, 0.25) is 5.71 Å². The number of aromatic nitrogens is 5. The van der Waals surface area contributed by atoms with Gasteiger partial charge in [-0.25, -0.2) is 15.0 Å². The van der Waals surface area contributed by atoms with Crippen LogP contribution in [0.2, 0.25) is 0 Å². The first-order chi connectivity index (χ1) is 25.7. The quantitative estimate of drug-likeness (QED) is 0.174. The minimum Gasteiger partial charge on any atom is -0.438 e. The maximum absolute atomic E-state index is 6.08. The molecule has 10 rings (SSSR count). The number of para-hydroxylation sites is 1. The molecule has 6 aromatic heterocycles. The van der Waals surface area contributed by atoms with Crippen LogP contribution in [0.15, 0.2) is 175 Å². The van der Waals surface area contributed by atoms with Gasteiger partial charge >= 0.3 is 0 Å². The topological polar surface area (TPSA) is 80.8 Å². The minimum atomic E-state index is 0.639. The van der Waals surface area contributed by atoms with Crippen LogP contribution < -0.4 is 4.90 Å². The van der Waals surface area contributed by atoms with E-state index in [0.717, 1.165) is 89.0 Å². The Morgan fingerprint density at radius 2 is 0.885 bits per heavy atom. The standard InChI is InChI=1S/C45H28N6O/c1-2-4-44-37(3-1)38-19-22-41(50-45(38)52-44)31-9-17-36(18-10-31)51(34-13-5-29(6-14-34)39-20-11-32-27-46-25-23-42(32)48-39)35-15-7-30(8-16-35)40-21-12-33-28-47-26-24-43(33)49-40/h1-28H. The van der Waals surface area contributed by atoms with Crippen molar-refractivity contribution in [3.8, 4) is 33.8 Å². The lowest BCUT2D eigenvalue weighted by atomic mass is 10.1. The first-order valence-corrected chi connectivity index (χ1v) is 17.0. The summed E-state index contributed by atoms with van der Waals surface area (Å²) in [6.07, 6.45) is 7.23. The molecule has 52 heavy (non-hydrogen) atoms. The van der Waals surface area contributed by atoms with Gasteiger partial charge < -0.3 is 9.32 Å². The molecule has 0 aliphatic carbocycles. The zero-order valence-electron chi connectivity index (χ0n) is 27.8. The maximum atomic E-state index is 6.08. The summed E-state index contributed by atoms with van der Waals surface area (Å²) in [6.45, 7) is 0. The average Bonchev–Trinajstić information content (AvgIpc) is 3.59. The normalized spacial score (nSPS) is 11.5. The minimum absolute atomic E-state index is 0.639. The molecule has 0 fully saturated rings. The number of rotatable bonds is 6. The number of hydrogen-bond acceptors (Lipinski definition) is 7. The summed E-state index contributed by atoms with van der Waals surface area (Å²) >= 11 is 0. The number of benzene rings is 4. The molecule has 4 aromatic carbocycles. The van der Waals surface area contributed by atoms with Gasteiger partial charge in [-0.3, -0.25) is 9.97 Å². The van der Waals surface area contributed by atoms with E-state index in [9.17, 15) is 0 Å². The molecule has 0 saturated heterocycles. The Morgan fingerprint density at radius 1 is 0.404 bits per heavy atom. The summed E-state index contributed by atoms with van der Waals surface area (Å²) in [6, 6.07) is 49.9. The van der Waals surface area contributed by atoms with Gasteiger partial charge in [-0.1, -0.05) is 54.6 Å². The summed E-state index contributed by atoms with van der Waals surface area (Å²) in [7, 11) is 0. The molecule has 0 bridgehead atoms. The van der Waals surface area contributed by atoms with Crippen LogP contribution in [0.4, 0.5) is 17.1 Å². The van der Waals surface area contributed by atoms with E-state index in [1.807, 2.05) is 54.9 Å². The fraction of sp³-hybridized carbons (Fsp3) is 0. The fourth-order valence-corrected chi connectivity index (χ4v) is 6.81. The van der Waals surface area contributed by atoms with E-state index in [-0.39, 0.29) is 0 Å². The number of pyridine rings is 5. The number of furan rings is 1. The summed E-state index contributed by atoms with van der Waals surface area (Å²) < 4.78 is 6.08. The lowest BCUT2D eigenvalue weighted by molar-refractivity contribution is 0.654. The van der Waals surface area contributed by atoms with Crippen LogP contribution in [0.1, 0.15) is 0 Å². The molecule has 7 heteroatoms. The van der Waals surface area contributed by atoms with Gasteiger partial charge in [-0.05, 0) is 91.0 Å². The second-order valence-corrected chi connectivity index (χ2v) is 12.7. The van der Waals surface area contributed by atoms with Crippen LogP contribution in [0.3, 0.4) is 0 Å². The van der Waals surface area contributed by atoms with Gasteiger partial charge in [-0.15, -0.1) is 0 Å². The van der Waals surface area contributed by atoms with Gasteiger partial charge in [0.05, 0.1) is 28.1 Å². The summed E-state index contributed by atoms with van der Waals surface area (Å²) in [4.78, 5) is 25.4. The van der Waals surface area contributed by atoms with Crippen molar-refractivity contribution in [1.29, 1.82) is 0 Å². The highest BCUT2D eigenvalue weighted by Crippen LogP contribution is 2.38. The lowest BCUT2D eigenvalue weighted by Gasteiger charge is -2.26. The molecule has 0 saturated carbocycles. The summed E-state index contributed by atoms with van der Waals surface area (Å²) in [5.74, 6) is 0. The van der Waals surface area contributed by atoms with Crippen LogP contribution >= 0.6 is 0 Å². The first kappa shape index (κ1) is 29.6. The number of anilines is 3. The Balaban J connectivity index is 1.02. The van der Waals surface area contributed by atoms with Crippen molar-refractivity contribution in [3.05, 3.63) is 170 Å². The zero-order valence-corrected chi connectivity index (χ0v) is 27.8. The second-order valence-electron chi connectivity index (χ2n) is 12.7. The molecule has 0 amide bonds. The number of hydrogen-bond donors (Lipinski definition) is 0. The molecule has 244 valence electrons. The smallest absolute Gasteiger partial charge is 0.227 e. The van der Waals surface area contributed by atoms with Gasteiger partial charge in [0, 0.05) is 80.1 Å². The highest BCUT2D eigenvalue weighted by atomic mass is 16.3. The van der Waals surface area contributed by atoms with Crippen molar-refractivity contribution >= 4 is 60.9 Å². The summed E-state index contributed by atoms with van der Waals surface area (Å²) in [5.41, 5.74) is 12.2. The van der Waals surface area contributed by atoms with Crippen LogP contribution in [-0.2, 0) is 0 Å². The molecule has 0 atom stereocenters. The maximum Gasteiger partial charge on any atom is 0.227 e. The molecule has 0 unspecified atom stereocenters. The Morgan fingerprint density at radius 3 is 1.42 bits per heavy atom. The average molecular weight is 669 g/mol. The molecule has 0 N–H and O–H groups in total. The van der Waals surface area contributed by atoms with Gasteiger partial charge in [0.1, 0.15) is 5.58 Å². The Hall–Kier alpha value is -7.25. The Bertz CT molecular complexity index is 2780. The molecule has 0 aliphatic rings. The molecular formula is C45H28N6O. The second kappa shape index (κ2) is 12.3. The third-order valence-electron chi connectivity index (χ3n) is 9.49. The van der Waals surface area contributed by atoms with E-state index in [1.54, 1.807) is 12.4 Å². The van der Waals surface area contributed by atoms with E-state index < -0.39 is 0 Å².